The lowest BCUT2D eigenvalue weighted by Crippen LogP contribution is -2.26. The summed E-state index contributed by atoms with van der Waals surface area (Å²) in [6, 6.07) is 2.54. The number of methoxy groups -OCH3 is 1. The van der Waals surface area contributed by atoms with Gasteiger partial charge in [0.25, 0.3) is 0 Å². The highest BCUT2D eigenvalue weighted by atomic mass is 35.5. The first-order valence-corrected chi connectivity index (χ1v) is 6.50. The van der Waals surface area contributed by atoms with Gasteiger partial charge in [0.05, 0.1) is 18.4 Å². The predicted octanol–water partition coefficient (Wildman–Crippen LogP) is 0.576. The maximum atomic E-state index is 11.7. The quantitative estimate of drug-likeness (QED) is 0.629. The van der Waals surface area contributed by atoms with Gasteiger partial charge in [-0.15, -0.1) is 0 Å². The Morgan fingerprint density at radius 2 is 2.29 bits per heavy atom. The van der Waals surface area contributed by atoms with Gasteiger partial charge in [0.15, 0.2) is 0 Å². The number of nitrogens with zero attached hydrogens (tertiary/aromatic N) is 1. The zero-order chi connectivity index (χ0) is 12.9. The van der Waals surface area contributed by atoms with Gasteiger partial charge in [0, 0.05) is 12.7 Å². The molecule has 0 amide bonds. The van der Waals surface area contributed by atoms with E-state index in [4.69, 9.17) is 11.6 Å². The van der Waals surface area contributed by atoms with Gasteiger partial charge in [-0.25, -0.2) is 18.1 Å². The van der Waals surface area contributed by atoms with E-state index in [1.54, 1.807) is 0 Å². The number of aromatic nitrogens is 1. The molecule has 0 aliphatic carbocycles. The van der Waals surface area contributed by atoms with Crippen molar-refractivity contribution in [3.8, 4) is 0 Å². The Morgan fingerprint density at radius 1 is 1.59 bits per heavy atom. The summed E-state index contributed by atoms with van der Waals surface area (Å²) in [5.74, 6) is -0.486. The Balaban J connectivity index is 2.66. The van der Waals surface area contributed by atoms with Gasteiger partial charge in [-0.1, -0.05) is 11.6 Å². The van der Waals surface area contributed by atoms with Gasteiger partial charge < -0.3 is 4.74 Å². The van der Waals surface area contributed by atoms with Crippen LogP contribution in [0.15, 0.2) is 23.2 Å². The molecule has 0 unspecified atom stereocenters. The SMILES string of the molecule is COC(=O)CCNS(=O)(=O)c1ccnc(Cl)c1. The standard InChI is InChI=1S/C9H11ClN2O4S/c1-16-9(13)3-5-12-17(14,15)7-2-4-11-8(10)6-7/h2,4,6,12H,3,5H2,1H3. The van der Waals surface area contributed by atoms with Crippen molar-refractivity contribution >= 4 is 27.6 Å². The molecule has 0 fully saturated rings. The first-order chi connectivity index (χ1) is 7.95. The Bertz CT molecular complexity index is 503. The first-order valence-electron chi connectivity index (χ1n) is 4.64. The van der Waals surface area contributed by atoms with Crippen LogP contribution in [0.1, 0.15) is 6.42 Å². The summed E-state index contributed by atoms with van der Waals surface area (Å²) in [6.07, 6.45) is 1.26. The molecule has 0 saturated carbocycles. The molecule has 94 valence electrons. The average molecular weight is 279 g/mol. The van der Waals surface area contributed by atoms with Gasteiger partial charge in [-0.3, -0.25) is 4.79 Å². The lowest BCUT2D eigenvalue weighted by molar-refractivity contribution is -0.140. The van der Waals surface area contributed by atoms with E-state index in [0.29, 0.717) is 0 Å². The minimum atomic E-state index is -3.67. The van der Waals surface area contributed by atoms with Crippen LogP contribution in [0.25, 0.3) is 0 Å². The third kappa shape index (κ3) is 4.29. The van der Waals surface area contributed by atoms with Crippen LogP contribution in [-0.2, 0) is 19.6 Å². The van der Waals surface area contributed by atoms with E-state index in [9.17, 15) is 13.2 Å². The molecule has 8 heteroatoms. The normalized spacial score (nSPS) is 11.2. The first kappa shape index (κ1) is 13.9. The summed E-state index contributed by atoms with van der Waals surface area (Å²) < 4.78 is 30.0. The molecule has 0 spiro atoms. The fraction of sp³-hybridized carbons (Fsp3) is 0.333. The molecule has 1 aromatic heterocycles. The van der Waals surface area contributed by atoms with E-state index in [1.807, 2.05) is 0 Å². The molecule has 0 aromatic carbocycles. The van der Waals surface area contributed by atoms with E-state index in [0.717, 1.165) is 0 Å². The third-order valence-electron chi connectivity index (χ3n) is 1.86. The number of sulfonamides is 1. The Kier molecular flexibility index (Phi) is 4.86. The van der Waals surface area contributed by atoms with Crippen LogP contribution in [-0.4, -0.2) is 33.0 Å². The van der Waals surface area contributed by atoms with Crippen LogP contribution in [0.5, 0.6) is 0 Å². The number of ether oxygens (including phenoxy) is 1. The average Bonchev–Trinajstić information content (AvgIpc) is 2.28. The highest BCUT2D eigenvalue weighted by Crippen LogP contribution is 2.12. The number of pyridine rings is 1. The van der Waals surface area contributed by atoms with Crippen molar-refractivity contribution < 1.29 is 17.9 Å². The minimum absolute atomic E-state index is 0.00219. The van der Waals surface area contributed by atoms with E-state index in [2.05, 4.69) is 14.4 Å². The summed E-state index contributed by atoms with van der Waals surface area (Å²) in [4.78, 5) is 14.5. The van der Waals surface area contributed by atoms with Crippen molar-refractivity contribution in [1.29, 1.82) is 0 Å². The summed E-state index contributed by atoms with van der Waals surface area (Å²) >= 11 is 5.58. The monoisotopic (exact) mass is 278 g/mol. The van der Waals surface area contributed by atoms with Crippen LogP contribution in [0, 0.1) is 0 Å². The number of hydrogen-bond acceptors (Lipinski definition) is 5. The van der Waals surface area contributed by atoms with Crippen LogP contribution >= 0.6 is 11.6 Å². The molecular weight excluding hydrogens is 268 g/mol. The number of hydrogen-bond donors (Lipinski definition) is 1. The lowest BCUT2D eigenvalue weighted by atomic mass is 10.4. The maximum absolute atomic E-state index is 11.7. The Hall–Kier alpha value is -1.18. The zero-order valence-electron chi connectivity index (χ0n) is 9.01. The number of nitrogens with one attached hydrogen (secondary N) is 1. The van der Waals surface area contributed by atoms with Gasteiger partial charge in [-0.2, -0.15) is 0 Å². The van der Waals surface area contributed by atoms with Gasteiger partial charge >= 0.3 is 5.97 Å². The zero-order valence-corrected chi connectivity index (χ0v) is 10.6. The number of carbonyl (C=O) groups excluding carboxylic acids is 1. The molecule has 1 heterocycles. The smallest absolute Gasteiger partial charge is 0.306 e. The molecule has 1 rings (SSSR count). The third-order valence-corrected chi connectivity index (χ3v) is 3.52. The van der Waals surface area contributed by atoms with Crippen molar-refractivity contribution in [3.63, 3.8) is 0 Å². The molecule has 0 aliphatic rings. The topological polar surface area (TPSA) is 85.4 Å². The second-order valence-corrected chi connectivity index (χ2v) is 5.19. The van der Waals surface area contributed by atoms with E-state index in [1.165, 1.54) is 25.4 Å². The highest BCUT2D eigenvalue weighted by Gasteiger charge is 2.14. The van der Waals surface area contributed by atoms with E-state index in [-0.39, 0.29) is 23.0 Å². The fourth-order valence-electron chi connectivity index (χ4n) is 1.02. The summed E-state index contributed by atoms with van der Waals surface area (Å²) in [5, 5.41) is 0.0841. The summed E-state index contributed by atoms with van der Waals surface area (Å²) in [7, 11) is -2.43. The summed E-state index contributed by atoms with van der Waals surface area (Å²) in [6.45, 7) is -0.0328. The maximum Gasteiger partial charge on any atom is 0.306 e. The molecular formula is C9H11ClN2O4S. The van der Waals surface area contributed by atoms with E-state index < -0.39 is 16.0 Å². The number of rotatable bonds is 5. The van der Waals surface area contributed by atoms with Crippen molar-refractivity contribution in [2.24, 2.45) is 0 Å². The molecule has 0 aliphatic heterocycles. The second kappa shape index (κ2) is 5.95. The molecule has 0 saturated heterocycles. The second-order valence-electron chi connectivity index (χ2n) is 3.04. The van der Waals surface area contributed by atoms with Gasteiger partial charge in [-0.05, 0) is 12.1 Å². The minimum Gasteiger partial charge on any atom is -0.469 e. The number of esters is 1. The molecule has 1 N–H and O–H groups in total. The largest absolute Gasteiger partial charge is 0.469 e. The van der Waals surface area contributed by atoms with Crippen LogP contribution in [0.2, 0.25) is 5.15 Å². The molecule has 0 bridgehead atoms. The molecule has 0 radical (unpaired) electrons. The fourth-order valence-corrected chi connectivity index (χ4v) is 2.31. The van der Waals surface area contributed by atoms with Gasteiger partial charge in [0.1, 0.15) is 5.15 Å². The molecule has 0 atom stereocenters. The summed E-state index contributed by atoms with van der Waals surface area (Å²) in [5.41, 5.74) is 0. The molecule has 6 nitrogen and oxygen atoms in total. The predicted molar refractivity (Wildman–Crippen MR) is 61.1 cm³/mol. The van der Waals surface area contributed by atoms with E-state index >= 15 is 0 Å². The van der Waals surface area contributed by atoms with Crippen molar-refractivity contribution in [2.75, 3.05) is 13.7 Å². The van der Waals surface area contributed by atoms with Crippen molar-refractivity contribution in [1.82, 2.24) is 9.71 Å². The van der Waals surface area contributed by atoms with Crippen LogP contribution in [0.4, 0.5) is 0 Å². The Labute approximate surface area is 104 Å². The van der Waals surface area contributed by atoms with Crippen molar-refractivity contribution in [3.05, 3.63) is 23.5 Å². The van der Waals surface area contributed by atoms with Crippen LogP contribution < -0.4 is 4.72 Å². The highest BCUT2D eigenvalue weighted by molar-refractivity contribution is 7.89. The molecule has 17 heavy (non-hydrogen) atoms. The number of carbonyl (C=O) groups is 1. The molecule has 1 aromatic rings. The Morgan fingerprint density at radius 3 is 2.88 bits per heavy atom. The number of halogens is 1. The van der Waals surface area contributed by atoms with Gasteiger partial charge in [0.2, 0.25) is 10.0 Å². The van der Waals surface area contributed by atoms with Crippen molar-refractivity contribution in [2.45, 2.75) is 11.3 Å². The lowest BCUT2D eigenvalue weighted by Gasteiger charge is -2.05. The van der Waals surface area contributed by atoms with Crippen LogP contribution in [0.3, 0.4) is 0 Å².